The Bertz CT molecular complexity index is 631. The smallest absolute Gasteiger partial charge is 0.180 e. The lowest BCUT2D eigenvalue weighted by Gasteiger charge is -1.80. The van der Waals surface area contributed by atoms with Gasteiger partial charge in [-0.25, -0.2) is 19.9 Å². The van der Waals surface area contributed by atoms with Crippen LogP contribution in [0.1, 0.15) is 0 Å². The third-order valence-corrected chi connectivity index (χ3v) is 2.32. The lowest BCUT2D eigenvalue weighted by atomic mass is 10.4. The molecule has 7 nitrogen and oxygen atoms in total. The van der Waals surface area contributed by atoms with Crippen LogP contribution in [0.5, 0.6) is 0 Å². The summed E-state index contributed by atoms with van der Waals surface area (Å²) in [6, 6.07) is 1.87. The largest absolute Gasteiger partial charge is 0.343 e. The first-order valence-electron chi connectivity index (χ1n) is 5.25. The fraction of sp³-hybridized carbons (Fsp3) is 0. The molecule has 0 aliphatic heterocycles. The van der Waals surface area contributed by atoms with Gasteiger partial charge in [0, 0.05) is 6.20 Å². The van der Waals surface area contributed by atoms with Gasteiger partial charge in [-0.2, -0.15) is 0 Å². The van der Waals surface area contributed by atoms with Crippen molar-refractivity contribution >= 4 is 22.2 Å². The maximum absolute atomic E-state index is 4.02. The first-order valence-corrected chi connectivity index (χ1v) is 5.25. The molecule has 0 aliphatic carbocycles. The van der Waals surface area contributed by atoms with Crippen LogP contribution in [0.2, 0.25) is 0 Å². The number of imidazole rings is 2. The molecule has 0 saturated heterocycles. The first-order chi connectivity index (χ1) is 8.93. The average molecular weight is 239 g/mol. The molecule has 88 valence electrons. The minimum absolute atomic E-state index is 0.713. The Kier molecular flexibility index (Phi) is 2.63. The molecule has 0 radical (unpaired) electrons. The predicted molar refractivity (Wildman–Crippen MR) is 65.6 cm³/mol. The van der Waals surface area contributed by atoms with Crippen molar-refractivity contribution in [1.82, 2.24) is 34.9 Å². The molecule has 7 heteroatoms. The SMILES string of the molecule is c1cc2nc[nH]c2cn1.c1ncc2[nH]cnc2n1. The molecule has 0 atom stereocenters. The van der Waals surface area contributed by atoms with Gasteiger partial charge in [0.05, 0.1) is 36.1 Å². The second kappa shape index (κ2) is 4.58. The number of hydrogen-bond acceptors (Lipinski definition) is 5. The van der Waals surface area contributed by atoms with Gasteiger partial charge in [0.1, 0.15) is 11.8 Å². The van der Waals surface area contributed by atoms with Gasteiger partial charge in [-0.15, -0.1) is 0 Å². The molecular weight excluding hydrogens is 230 g/mol. The summed E-state index contributed by atoms with van der Waals surface area (Å²) in [5.41, 5.74) is 3.53. The summed E-state index contributed by atoms with van der Waals surface area (Å²) >= 11 is 0. The Morgan fingerprint density at radius 2 is 1.67 bits per heavy atom. The predicted octanol–water partition coefficient (Wildman–Crippen LogP) is 1.31. The summed E-state index contributed by atoms with van der Waals surface area (Å²) in [5, 5.41) is 0. The van der Waals surface area contributed by atoms with Crippen LogP contribution < -0.4 is 0 Å². The first kappa shape index (κ1) is 10.3. The summed E-state index contributed by atoms with van der Waals surface area (Å²) in [7, 11) is 0. The number of pyridine rings is 1. The summed E-state index contributed by atoms with van der Waals surface area (Å²) in [5.74, 6) is 0. The molecule has 0 aromatic carbocycles. The number of rotatable bonds is 0. The second-order valence-electron chi connectivity index (χ2n) is 3.46. The van der Waals surface area contributed by atoms with Crippen LogP contribution in [0.25, 0.3) is 22.2 Å². The molecule has 0 aliphatic rings. The third kappa shape index (κ3) is 2.01. The monoisotopic (exact) mass is 239 g/mol. The number of H-pyrrole nitrogens is 2. The van der Waals surface area contributed by atoms with Gasteiger partial charge >= 0.3 is 0 Å². The van der Waals surface area contributed by atoms with Crippen LogP contribution >= 0.6 is 0 Å². The Hall–Kier alpha value is -2.83. The van der Waals surface area contributed by atoms with Gasteiger partial charge in [0.25, 0.3) is 0 Å². The second-order valence-corrected chi connectivity index (χ2v) is 3.46. The standard InChI is InChI=1S/C6H5N3.C5H4N4/c1-2-7-3-6-5(1)8-4-9-6;1-4-5(8-2-6-1)9-3-7-4/h1-4H,(H,8,9);1-3H,(H,6,7,8,9). The molecular formula is C11H9N7. The van der Waals surface area contributed by atoms with Gasteiger partial charge in [0.15, 0.2) is 5.65 Å². The van der Waals surface area contributed by atoms with Crippen LogP contribution in [-0.4, -0.2) is 34.9 Å². The van der Waals surface area contributed by atoms with Gasteiger partial charge < -0.3 is 9.97 Å². The van der Waals surface area contributed by atoms with E-state index in [1.165, 1.54) is 6.33 Å². The Labute approximate surface area is 101 Å². The van der Waals surface area contributed by atoms with Gasteiger partial charge in [0.2, 0.25) is 0 Å². The molecule has 18 heavy (non-hydrogen) atoms. The molecule has 0 amide bonds. The highest BCUT2D eigenvalue weighted by atomic mass is 15.0. The molecule has 4 heterocycles. The Balaban J connectivity index is 0.000000111. The minimum Gasteiger partial charge on any atom is -0.343 e. The number of hydrogen-bond donors (Lipinski definition) is 2. The van der Waals surface area contributed by atoms with Gasteiger partial charge in [-0.3, -0.25) is 4.98 Å². The highest BCUT2D eigenvalue weighted by molar-refractivity contribution is 5.72. The number of fused-ring (bicyclic) bond motifs is 2. The van der Waals surface area contributed by atoms with Crippen molar-refractivity contribution in [1.29, 1.82) is 0 Å². The topological polar surface area (TPSA) is 96.0 Å². The molecule has 0 spiro atoms. The molecule has 4 aromatic heterocycles. The van der Waals surface area contributed by atoms with E-state index >= 15 is 0 Å². The quantitative estimate of drug-likeness (QED) is 0.482. The third-order valence-electron chi connectivity index (χ3n) is 2.32. The minimum atomic E-state index is 0.713. The van der Waals surface area contributed by atoms with Crippen LogP contribution in [0, 0.1) is 0 Å². The van der Waals surface area contributed by atoms with E-state index in [1.807, 2.05) is 6.07 Å². The molecule has 4 aromatic rings. The van der Waals surface area contributed by atoms with E-state index in [1.54, 1.807) is 31.2 Å². The van der Waals surface area contributed by atoms with E-state index < -0.39 is 0 Å². The van der Waals surface area contributed by atoms with Crippen LogP contribution in [0.4, 0.5) is 0 Å². The van der Waals surface area contributed by atoms with Crippen LogP contribution in [0.3, 0.4) is 0 Å². The van der Waals surface area contributed by atoms with Gasteiger partial charge in [-0.05, 0) is 6.07 Å². The summed E-state index contributed by atoms with van der Waals surface area (Å²) in [6.45, 7) is 0. The van der Waals surface area contributed by atoms with Crippen molar-refractivity contribution < 1.29 is 0 Å². The zero-order chi connectivity index (χ0) is 12.2. The van der Waals surface area contributed by atoms with Crippen molar-refractivity contribution in [3.8, 4) is 0 Å². The van der Waals surface area contributed by atoms with Crippen molar-refractivity contribution in [3.05, 3.63) is 43.6 Å². The normalized spacial score (nSPS) is 10.2. The van der Waals surface area contributed by atoms with E-state index in [0.29, 0.717) is 5.65 Å². The fourth-order valence-corrected chi connectivity index (χ4v) is 1.47. The number of aromatic nitrogens is 7. The summed E-state index contributed by atoms with van der Waals surface area (Å²) < 4.78 is 0. The lowest BCUT2D eigenvalue weighted by molar-refractivity contribution is 1.20. The van der Waals surface area contributed by atoms with Crippen LogP contribution in [0.15, 0.2) is 43.6 Å². The summed E-state index contributed by atoms with van der Waals surface area (Å²) in [4.78, 5) is 25.4. The molecule has 2 N–H and O–H groups in total. The number of aromatic amines is 2. The van der Waals surface area contributed by atoms with E-state index in [2.05, 4.69) is 34.9 Å². The maximum atomic E-state index is 4.02. The highest BCUT2D eigenvalue weighted by Gasteiger charge is 1.91. The van der Waals surface area contributed by atoms with E-state index in [-0.39, 0.29) is 0 Å². The lowest BCUT2D eigenvalue weighted by Crippen LogP contribution is -1.76. The van der Waals surface area contributed by atoms with Crippen LogP contribution in [-0.2, 0) is 0 Å². The van der Waals surface area contributed by atoms with Gasteiger partial charge in [-0.1, -0.05) is 0 Å². The Morgan fingerprint density at radius 1 is 0.833 bits per heavy atom. The molecule has 0 saturated carbocycles. The van der Waals surface area contributed by atoms with E-state index in [9.17, 15) is 0 Å². The zero-order valence-electron chi connectivity index (χ0n) is 9.28. The zero-order valence-corrected chi connectivity index (χ0v) is 9.28. The molecule has 4 rings (SSSR count). The fourth-order valence-electron chi connectivity index (χ4n) is 1.47. The summed E-state index contributed by atoms with van der Waals surface area (Å²) in [6.07, 6.45) is 9.90. The Morgan fingerprint density at radius 3 is 2.56 bits per heavy atom. The molecule has 0 fully saturated rings. The molecule has 0 unspecified atom stereocenters. The van der Waals surface area contributed by atoms with Crippen molar-refractivity contribution in [2.24, 2.45) is 0 Å². The van der Waals surface area contributed by atoms with Crippen molar-refractivity contribution in [3.63, 3.8) is 0 Å². The molecule has 0 bridgehead atoms. The van der Waals surface area contributed by atoms with Crippen molar-refractivity contribution in [2.75, 3.05) is 0 Å². The highest BCUT2D eigenvalue weighted by Crippen LogP contribution is 2.03. The average Bonchev–Trinajstić information content (AvgIpc) is 3.08. The van der Waals surface area contributed by atoms with E-state index in [4.69, 9.17) is 0 Å². The van der Waals surface area contributed by atoms with E-state index in [0.717, 1.165) is 16.6 Å². The van der Waals surface area contributed by atoms with Crippen molar-refractivity contribution in [2.45, 2.75) is 0 Å². The number of nitrogens with zero attached hydrogens (tertiary/aromatic N) is 5. The number of nitrogens with one attached hydrogen (secondary N) is 2. The maximum Gasteiger partial charge on any atom is 0.180 e.